The molecule has 0 saturated heterocycles. The van der Waals surface area contributed by atoms with Gasteiger partial charge in [0.1, 0.15) is 24.3 Å². The van der Waals surface area contributed by atoms with Crippen molar-refractivity contribution in [2.75, 3.05) is 0 Å². The third-order valence-electron chi connectivity index (χ3n) is 2.54. The van der Waals surface area contributed by atoms with Gasteiger partial charge in [0.15, 0.2) is 5.76 Å². The molecule has 3 heterocycles. The van der Waals surface area contributed by atoms with Crippen molar-refractivity contribution in [3.63, 3.8) is 0 Å². The van der Waals surface area contributed by atoms with E-state index in [9.17, 15) is 4.79 Å². The highest BCUT2D eigenvalue weighted by Gasteiger charge is 2.14. The molecule has 16 heavy (non-hydrogen) atoms. The van der Waals surface area contributed by atoms with E-state index in [1.807, 2.05) is 25.6 Å². The van der Waals surface area contributed by atoms with Gasteiger partial charge in [-0.1, -0.05) is 0 Å². The molecule has 5 heteroatoms. The quantitative estimate of drug-likeness (QED) is 0.609. The zero-order valence-corrected chi connectivity index (χ0v) is 8.68. The lowest BCUT2D eigenvalue weighted by molar-refractivity contribution is -0.511. The fourth-order valence-electron chi connectivity index (χ4n) is 1.78. The third kappa shape index (κ3) is 1.18. The molecule has 3 rings (SSSR count). The fourth-order valence-corrected chi connectivity index (χ4v) is 1.78. The molecule has 0 fully saturated rings. The number of furan rings is 1. The Morgan fingerprint density at radius 2 is 2.38 bits per heavy atom. The normalized spacial score (nSPS) is 11.1. The fraction of sp³-hybridized carbons (Fsp3) is 0.0909. The van der Waals surface area contributed by atoms with Gasteiger partial charge in [-0.05, 0) is 12.1 Å². The molecular formula is C11H10N3O2+. The van der Waals surface area contributed by atoms with Crippen molar-refractivity contribution in [1.82, 2.24) is 9.55 Å². The summed E-state index contributed by atoms with van der Waals surface area (Å²) in [6.07, 6.45) is 7.07. The largest absolute Gasteiger partial charge is 0.463 e. The molecule has 0 spiro atoms. The minimum absolute atomic E-state index is 0.138. The van der Waals surface area contributed by atoms with Crippen LogP contribution in [0.25, 0.3) is 17.1 Å². The van der Waals surface area contributed by atoms with Crippen molar-refractivity contribution in [3.05, 3.63) is 47.3 Å². The van der Waals surface area contributed by atoms with Gasteiger partial charge in [0.05, 0.1) is 13.3 Å². The molecule has 1 N–H and O–H groups in total. The van der Waals surface area contributed by atoms with E-state index in [4.69, 9.17) is 4.42 Å². The number of aromatic amines is 1. The number of rotatable bonds is 1. The number of nitrogens with zero attached hydrogens (tertiary/aromatic N) is 2. The molecule has 0 unspecified atom stereocenters. The standard InChI is InChI=1S/C11H9N3O2/c1-13-4-5-14-7-8(9-3-2-6-16-9)12-10(15)11(13)14/h2-7H,1H3/p+1. The lowest BCUT2D eigenvalue weighted by Gasteiger charge is -1.94. The first-order valence-corrected chi connectivity index (χ1v) is 4.89. The van der Waals surface area contributed by atoms with Gasteiger partial charge < -0.3 is 9.40 Å². The average molecular weight is 216 g/mol. The van der Waals surface area contributed by atoms with E-state index < -0.39 is 0 Å². The second-order valence-electron chi connectivity index (χ2n) is 3.61. The minimum Gasteiger partial charge on any atom is -0.463 e. The van der Waals surface area contributed by atoms with Gasteiger partial charge in [0, 0.05) is 0 Å². The zero-order valence-electron chi connectivity index (χ0n) is 8.68. The van der Waals surface area contributed by atoms with E-state index in [0.29, 0.717) is 17.1 Å². The molecule has 0 aliphatic rings. The Kier molecular flexibility index (Phi) is 1.73. The Hall–Kier alpha value is -2.30. The van der Waals surface area contributed by atoms with Gasteiger partial charge in [-0.25, -0.2) is 4.57 Å². The molecule has 0 radical (unpaired) electrons. The number of aromatic nitrogens is 3. The molecule has 3 aromatic rings. The van der Waals surface area contributed by atoms with E-state index in [-0.39, 0.29) is 5.56 Å². The van der Waals surface area contributed by atoms with Crippen LogP contribution in [0.2, 0.25) is 0 Å². The SMILES string of the molecule is Cn1cc[n+]2cc(-c3ccco3)[nH]c(=O)c12. The summed E-state index contributed by atoms with van der Waals surface area (Å²) in [5.74, 6) is 0.648. The average Bonchev–Trinajstić information content (AvgIpc) is 2.87. The van der Waals surface area contributed by atoms with Gasteiger partial charge >= 0.3 is 11.2 Å². The number of H-pyrrole nitrogens is 1. The Balaban J connectivity index is 2.34. The van der Waals surface area contributed by atoms with Gasteiger partial charge in [-0.15, -0.1) is 0 Å². The Morgan fingerprint density at radius 3 is 3.12 bits per heavy atom. The van der Waals surface area contributed by atoms with Gasteiger partial charge in [-0.3, -0.25) is 4.79 Å². The smallest absolute Gasteiger partial charge is 0.352 e. The molecule has 0 atom stereocenters. The van der Waals surface area contributed by atoms with E-state index in [0.717, 1.165) is 0 Å². The van der Waals surface area contributed by atoms with Crippen LogP contribution in [-0.4, -0.2) is 9.55 Å². The van der Waals surface area contributed by atoms with Gasteiger partial charge in [-0.2, -0.15) is 4.40 Å². The molecule has 0 saturated carbocycles. The number of hydrogen-bond acceptors (Lipinski definition) is 2. The molecule has 3 aromatic heterocycles. The Bertz CT molecular complexity index is 692. The topological polar surface area (TPSA) is 55.0 Å². The second kappa shape index (κ2) is 3.10. The Labute approximate surface area is 90.6 Å². The number of nitrogens with one attached hydrogen (secondary N) is 1. The van der Waals surface area contributed by atoms with Crippen molar-refractivity contribution in [3.8, 4) is 11.5 Å². The van der Waals surface area contributed by atoms with E-state index in [1.54, 1.807) is 27.4 Å². The molecular weight excluding hydrogens is 206 g/mol. The van der Waals surface area contributed by atoms with Gasteiger partial charge in [0.25, 0.3) is 0 Å². The molecule has 80 valence electrons. The van der Waals surface area contributed by atoms with E-state index in [1.165, 1.54) is 0 Å². The van der Waals surface area contributed by atoms with Crippen LogP contribution >= 0.6 is 0 Å². The maximum atomic E-state index is 11.8. The number of aryl methyl sites for hydroxylation is 1. The maximum Gasteiger partial charge on any atom is 0.352 e. The molecule has 5 nitrogen and oxygen atoms in total. The predicted octanol–water partition coefficient (Wildman–Crippen LogP) is 0.712. The summed E-state index contributed by atoms with van der Waals surface area (Å²) in [5, 5.41) is 0. The zero-order chi connectivity index (χ0) is 11.1. The number of fused-ring (bicyclic) bond motifs is 1. The van der Waals surface area contributed by atoms with Gasteiger partial charge in [0.2, 0.25) is 0 Å². The summed E-state index contributed by atoms with van der Waals surface area (Å²) in [6.45, 7) is 0. The van der Waals surface area contributed by atoms with Crippen LogP contribution in [-0.2, 0) is 7.05 Å². The first-order chi connectivity index (χ1) is 7.75. The summed E-state index contributed by atoms with van der Waals surface area (Å²) >= 11 is 0. The third-order valence-corrected chi connectivity index (χ3v) is 2.54. The monoisotopic (exact) mass is 216 g/mol. The van der Waals surface area contributed by atoms with E-state index in [2.05, 4.69) is 4.98 Å². The summed E-state index contributed by atoms with van der Waals surface area (Å²) < 4.78 is 8.78. The van der Waals surface area contributed by atoms with Crippen LogP contribution in [0.1, 0.15) is 0 Å². The summed E-state index contributed by atoms with van der Waals surface area (Å²) in [6, 6.07) is 3.59. The van der Waals surface area contributed by atoms with Crippen LogP contribution in [0.4, 0.5) is 0 Å². The van der Waals surface area contributed by atoms with Crippen molar-refractivity contribution < 1.29 is 8.82 Å². The van der Waals surface area contributed by atoms with Crippen molar-refractivity contribution >= 4 is 5.65 Å². The lowest BCUT2D eigenvalue weighted by atomic mass is 10.3. The van der Waals surface area contributed by atoms with Crippen LogP contribution < -0.4 is 9.96 Å². The number of hydrogen-bond donors (Lipinski definition) is 1. The lowest BCUT2D eigenvalue weighted by Crippen LogP contribution is -2.29. The first kappa shape index (κ1) is 8.96. The molecule has 0 aliphatic carbocycles. The summed E-state index contributed by atoms with van der Waals surface area (Å²) in [4.78, 5) is 14.6. The highest BCUT2D eigenvalue weighted by atomic mass is 16.3. The van der Waals surface area contributed by atoms with Crippen LogP contribution in [0, 0.1) is 0 Å². The van der Waals surface area contributed by atoms with Crippen LogP contribution in [0.5, 0.6) is 0 Å². The summed E-state index contributed by atoms with van der Waals surface area (Å²) in [7, 11) is 1.83. The van der Waals surface area contributed by atoms with Crippen LogP contribution in [0.15, 0.2) is 46.2 Å². The van der Waals surface area contributed by atoms with Crippen LogP contribution in [0.3, 0.4) is 0 Å². The minimum atomic E-state index is -0.138. The molecule has 0 aliphatic heterocycles. The second-order valence-corrected chi connectivity index (χ2v) is 3.61. The Morgan fingerprint density at radius 1 is 1.50 bits per heavy atom. The highest BCUT2D eigenvalue weighted by Crippen LogP contribution is 2.13. The molecule has 0 aromatic carbocycles. The highest BCUT2D eigenvalue weighted by molar-refractivity contribution is 5.50. The molecule has 0 amide bonds. The van der Waals surface area contributed by atoms with E-state index >= 15 is 0 Å². The van der Waals surface area contributed by atoms with Crippen molar-refractivity contribution in [2.24, 2.45) is 7.05 Å². The van der Waals surface area contributed by atoms with Crippen molar-refractivity contribution in [2.45, 2.75) is 0 Å². The summed E-state index contributed by atoms with van der Waals surface area (Å²) in [5.41, 5.74) is 1.12. The van der Waals surface area contributed by atoms with Crippen molar-refractivity contribution in [1.29, 1.82) is 0 Å². The molecule has 0 bridgehead atoms. The predicted molar refractivity (Wildman–Crippen MR) is 56.9 cm³/mol. The maximum absolute atomic E-state index is 11.8. The first-order valence-electron chi connectivity index (χ1n) is 4.89. The number of imidazole rings is 1.